The molecule has 9 N–H and O–H groups in total. The number of nitrogens with zero attached hydrogens (tertiary/aromatic N) is 13. The van der Waals surface area contributed by atoms with Gasteiger partial charge in [0.2, 0.25) is 63.1 Å². The molecule has 0 radical (unpaired) electrons. The van der Waals surface area contributed by atoms with Crippen LogP contribution in [0.4, 0.5) is 69.0 Å². The molecule has 14 aromatic rings. The van der Waals surface area contributed by atoms with Crippen molar-refractivity contribution in [1.82, 2.24) is 49.8 Å². The Morgan fingerprint density at radius 2 is 0.699 bits per heavy atom. The molecule has 0 saturated carbocycles. The van der Waals surface area contributed by atoms with Crippen LogP contribution in [0.5, 0.6) is 75.3 Å². The lowest BCUT2D eigenvalue weighted by atomic mass is 10.3. The lowest BCUT2D eigenvalue weighted by Gasteiger charge is -2.14. The summed E-state index contributed by atoms with van der Waals surface area (Å²) in [7, 11) is -3.39. The Morgan fingerprint density at radius 1 is 0.390 bits per heavy atom. The van der Waals surface area contributed by atoms with E-state index in [2.05, 4.69) is 84.3 Å². The molecule has 0 fully saturated rings. The summed E-state index contributed by atoms with van der Waals surface area (Å²) in [5, 5.41) is 55.8. The number of methoxy groups -OCH3 is 4. The van der Waals surface area contributed by atoms with Crippen LogP contribution in [0.2, 0.25) is 40.8 Å². The molecule has 5 heterocycles. The summed E-state index contributed by atoms with van der Waals surface area (Å²) >= 11 is 50.8. The second kappa shape index (κ2) is 57.0. The summed E-state index contributed by atoms with van der Waals surface area (Å²) in [4.78, 5) is 90.8. The SMILES string of the molecule is C.C=CC(=O)Cl.C=CC(=O)Nc1cccc(Oc2nc(Nc3ccc(P(C)(C)=O)cc3OC)ncc2Cl)c1.COc1cc(P(C)(C)=O)ccc1N.COc1cc(P(C)(C)=O)ccc1Nc1ncc(Cl)c(Oc2cccc(N)c2)n1.COc1cc(P(C)(C)=O)ccc1Nc1ncc(Cl)c(Oc2cccc([N+](=O)[O-])c2)n1.Clc1ncc(Cl)c(Cl)n1.O=[N+]([O-])c1cccc(O)c1.O=[N+]([O-])c1cccc(Oc2nc(Cl)ncc2Cl)c1. The van der Waals surface area contributed by atoms with E-state index in [4.69, 9.17) is 159 Å². The molecule has 1 amide bonds. The van der Waals surface area contributed by atoms with Crippen LogP contribution in [-0.2, 0) is 27.8 Å². The minimum absolute atomic E-state index is 0. The van der Waals surface area contributed by atoms with Crippen molar-refractivity contribution >= 4 is 234 Å². The van der Waals surface area contributed by atoms with Gasteiger partial charge >= 0.3 is 0 Å². The van der Waals surface area contributed by atoms with Gasteiger partial charge in [0.15, 0.2) is 5.15 Å². The number of hydrogen-bond donors (Lipinski definition) is 7. The minimum Gasteiger partial charge on any atom is -0.508 e. The Balaban J connectivity index is 0.000000268. The van der Waals surface area contributed by atoms with E-state index in [1.807, 2.05) is 0 Å². The predicted molar refractivity (Wildman–Crippen MR) is 578 cm³/mol. The van der Waals surface area contributed by atoms with Gasteiger partial charge in [-0.3, -0.25) is 39.9 Å². The summed E-state index contributed by atoms with van der Waals surface area (Å²) in [5.74, 6) is 4.06. The number of rotatable bonds is 28. The molecule has 0 aliphatic carbocycles. The third kappa shape index (κ3) is 39.8. The molecule has 0 atom stereocenters. The zero-order chi connectivity index (χ0) is 107. The van der Waals surface area contributed by atoms with Gasteiger partial charge in [-0.25, -0.2) is 29.9 Å². The van der Waals surface area contributed by atoms with Gasteiger partial charge in [0.1, 0.15) is 100 Å². The van der Waals surface area contributed by atoms with Crippen LogP contribution >= 0.6 is 133 Å². The van der Waals surface area contributed by atoms with Crippen LogP contribution in [0.15, 0.2) is 250 Å². The van der Waals surface area contributed by atoms with Crippen molar-refractivity contribution in [3.8, 4) is 75.3 Å². The number of carbonyl (C=O) groups is 2. The number of carbonyl (C=O) groups excluding carboxylic acids is 2. The normalized spacial score (nSPS) is 10.5. The first-order valence-electron chi connectivity index (χ1n) is 40.8. The van der Waals surface area contributed by atoms with Crippen LogP contribution in [-0.4, -0.2) is 163 Å². The van der Waals surface area contributed by atoms with Gasteiger partial charge in [-0.1, -0.05) is 121 Å². The van der Waals surface area contributed by atoms with Crippen LogP contribution in [0.25, 0.3) is 0 Å². The van der Waals surface area contributed by atoms with E-state index in [-0.39, 0.29) is 125 Å². The first-order valence-corrected chi connectivity index (χ1v) is 54.6. The van der Waals surface area contributed by atoms with E-state index >= 15 is 0 Å². The van der Waals surface area contributed by atoms with E-state index in [1.165, 1.54) is 113 Å². The zero-order valence-corrected chi connectivity index (χ0v) is 88.6. The molecule has 53 heteroatoms. The molecule has 0 saturated heterocycles. The number of nitro benzene ring substituents is 3. The molecular formula is C93H92Cl9N19O21P4. The van der Waals surface area contributed by atoms with Crippen molar-refractivity contribution < 1.29 is 85.6 Å². The van der Waals surface area contributed by atoms with Crippen molar-refractivity contribution in [2.45, 2.75) is 7.43 Å². The number of phenolic OH excluding ortho intramolecular Hbond substituents is 1. The Morgan fingerprint density at radius 3 is 1.02 bits per heavy atom. The smallest absolute Gasteiger partial charge is 0.273 e. The highest BCUT2D eigenvalue weighted by molar-refractivity contribution is 7.71. The third-order valence-electron chi connectivity index (χ3n) is 17.8. The topological polar surface area (TPSA) is 555 Å². The molecule has 0 unspecified atom stereocenters. The fourth-order valence-corrected chi connectivity index (χ4v) is 15.2. The highest BCUT2D eigenvalue weighted by atomic mass is 35.5. The number of nitrogens with one attached hydrogen (secondary N) is 4. The molecule has 146 heavy (non-hydrogen) atoms. The highest BCUT2D eigenvalue weighted by Crippen LogP contribution is 2.44. The number of ether oxygens (including phenoxy) is 8. The Labute approximate surface area is 882 Å². The van der Waals surface area contributed by atoms with E-state index in [1.54, 1.807) is 194 Å². The molecule has 0 aliphatic heterocycles. The number of benzene rings is 9. The zero-order valence-electron chi connectivity index (χ0n) is 78.2. The summed E-state index contributed by atoms with van der Waals surface area (Å²) < 4.78 is 92.3. The molecule has 14 rings (SSSR count). The van der Waals surface area contributed by atoms with E-state index < -0.39 is 48.6 Å². The first kappa shape index (κ1) is 121. The number of hydrogen-bond acceptors (Lipinski definition) is 36. The van der Waals surface area contributed by atoms with Gasteiger partial charge in [-0.05, 0) is 216 Å². The highest BCUT2D eigenvalue weighted by Gasteiger charge is 2.23. The molecule has 0 spiro atoms. The third-order valence-corrected chi connectivity index (χ3v) is 26.1. The van der Waals surface area contributed by atoms with E-state index in [9.17, 15) is 58.2 Å². The number of aromatic nitrogens is 10. The van der Waals surface area contributed by atoms with Crippen molar-refractivity contribution in [1.29, 1.82) is 0 Å². The monoisotopic (exact) mass is 2250 g/mol. The van der Waals surface area contributed by atoms with Gasteiger partial charge in [-0.2, -0.15) is 19.9 Å². The Hall–Kier alpha value is -14.1. The first-order chi connectivity index (χ1) is 68.3. The number of anilines is 9. The van der Waals surface area contributed by atoms with Gasteiger partial charge in [0, 0.05) is 62.9 Å². The van der Waals surface area contributed by atoms with Gasteiger partial charge in [-0.15, -0.1) is 0 Å². The lowest BCUT2D eigenvalue weighted by Crippen LogP contribution is -2.07. The Kier molecular flexibility index (Phi) is 47.1. The largest absolute Gasteiger partial charge is 0.508 e. The fourth-order valence-electron chi connectivity index (χ4n) is 10.7. The number of halogens is 9. The van der Waals surface area contributed by atoms with Crippen molar-refractivity contribution in [3.05, 3.63) is 322 Å². The number of amides is 1. The number of phenols is 1. The molecule has 9 aromatic carbocycles. The van der Waals surface area contributed by atoms with Gasteiger partial charge < -0.3 is 94.0 Å². The van der Waals surface area contributed by atoms with Crippen molar-refractivity contribution in [3.63, 3.8) is 0 Å². The minimum atomic E-state index is -2.45. The molecule has 5 aromatic heterocycles. The van der Waals surface area contributed by atoms with Crippen molar-refractivity contribution in [2.75, 3.05) is 114 Å². The van der Waals surface area contributed by atoms with Crippen LogP contribution in [0.3, 0.4) is 0 Å². The maximum absolute atomic E-state index is 12.4. The molecular weight excluding hydrogens is 2160 g/mol. The molecule has 768 valence electrons. The summed E-state index contributed by atoms with van der Waals surface area (Å²) in [6.07, 6.45) is 9.03. The van der Waals surface area contributed by atoms with Crippen LogP contribution in [0.1, 0.15) is 7.43 Å². The van der Waals surface area contributed by atoms with Crippen LogP contribution < -0.4 is 91.8 Å². The van der Waals surface area contributed by atoms with E-state index in [0.29, 0.717) is 84.3 Å². The standard InChI is InChI=1S/C22H22ClN4O4P.C19H18ClN4O5P.C19H20ClN4O3P.C10H5Cl2N3O3.C9H14NO2P.C6H5NO3.C4HCl3N2.C3H3ClO.CH4/c1-5-20(28)25-14-7-6-8-15(11-14)31-21-17(23)13-24-22(27-21)26-18-10-9-16(32(3,4)29)12-19(18)30-2;1-28-17-10-14(30(2,3)27)7-8-16(17)22-19-21-11-15(20)18(23-19)29-13-6-4-5-12(9-13)24(25)26;1-26-17-10-14(28(2,3)25)7-8-16(17)23-19-22-11-15(20)18(24-19)27-13-6-4-5-12(21)9-13;11-8-5-13-10(12)14-9(8)18-7-3-1-2-6(4-7)15(16)17;1-12-9-6-7(13(2,3)11)4-5-8(9)10;8-6-3-1-2-5(4-6)7(9)10;5-2-1-8-4(7)9-3(2)6;1-2-3(4)5;/h5-13H,1H2,2-4H3,(H,25,28)(H,24,26,27);4-11H,1-3H3,(H,21,22,23);4-11H,21H2,1-3H3,(H,22,23,24);1-5H;4-6H,10H2,1-3H3;1-4,8H;1H;2H,1H2;1H4. The quantitative estimate of drug-likeness (QED) is 0.00350. The van der Waals surface area contributed by atoms with Gasteiger partial charge in [0.25, 0.3) is 17.1 Å². The second-order valence-corrected chi connectivity index (χ2v) is 46.3. The number of nitro groups is 3. The average molecular weight is 2250 g/mol. The number of allylic oxidation sites excluding steroid dienone is 1. The molecule has 0 aliphatic rings. The lowest BCUT2D eigenvalue weighted by molar-refractivity contribution is -0.385. The predicted octanol–water partition coefficient (Wildman–Crippen LogP) is 24.7. The Bertz CT molecular complexity index is 7230. The number of non-ortho nitro benzene ring substituents is 3. The average Bonchev–Trinajstić information content (AvgIpc) is 0.816. The fraction of sp³-hybridized carbons (Fsp3) is 0.140. The maximum Gasteiger partial charge on any atom is 0.273 e. The summed E-state index contributed by atoms with van der Waals surface area (Å²) in [6.45, 7) is 20.1. The molecule has 40 nitrogen and oxygen atoms in total. The van der Waals surface area contributed by atoms with E-state index in [0.717, 1.165) is 22.8 Å². The second-order valence-electron chi connectivity index (χ2n) is 30.0. The number of aromatic hydroxyl groups is 1. The molecule has 0 bridgehead atoms. The van der Waals surface area contributed by atoms with Crippen molar-refractivity contribution in [2.24, 2.45) is 0 Å². The number of nitrogen functional groups attached to an aromatic ring is 2. The summed E-state index contributed by atoms with van der Waals surface area (Å²) in [6, 6.07) is 51.1. The summed E-state index contributed by atoms with van der Waals surface area (Å²) in [5.41, 5.74) is 14.5. The van der Waals surface area contributed by atoms with Gasteiger partial charge in [0.05, 0.1) is 120 Å². The number of nitrogens with two attached hydrogens (primary N) is 2. The maximum atomic E-state index is 12.4. The van der Waals surface area contributed by atoms with Crippen LogP contribution in [0, 0.1) is 30.3 Å².